The van der Waals surface area contributed by atoms with Gasteiger partial charge < -0.3 is 10.4 Å². The summed E-state index contributed by atoms with van der Waals surface area (Å²) in [6, 6.07) is 9.55. The predicted molar refractivity (Wildman–Crippen MR) is 75.1 cm³/mol. The Bertz CT molecular complexity index is 580. The number of fused-ring (bicyclic) bond motifs is 1. The first-order valence-electron chi connectivity index (χ1n) is 6.30. The molecule has 0 radical (unpaired) electrons. The molecule has 1 aromatic carbocycles. The Morgan fingerprint density at radius 2 is 2.21 bits per heavy atom. The summed E-state index contributed by atoms with van der Waals surface area (Å²) in [5.74, 6) is -0.0425. The summed E-state index contributed by atoms with van der Waals surface area (Å²) in [7, 11) is 0. The average Bonchev–Trinajstić information content (AvgIpc) is 2.99. The van der Waals surface area contributed by atoms with Gasteiger partial charge in [-0.2, -0.15) is 11.3 Å². The second-order valence-corrected chi connectivity index (χ2v) is 5.60. The Kier molecular flexibility index (Phi) is 3.36. The van der Waals surface area contributed by atoms with Crippen molar-refractivity contribution in [3.8, 4) is 0 Å². The van der Waals surface area contributed by atoms with E-state index in [1.54, 1.807) is 11.3 Å². The van der Waals surface area contributed by atoms with Crippen molar-refractivity contribution in [1.29, 1.82) is 0 Å². The molecular formula is C15H15NO2S. The minimum atomic E-state index is -0.524. The fourth-order valence-corrected chi connectivity index (χ4v) is 3.22. The van der Waals surface area contributed by atoms with Crippen LogP contribution in [0.1, 0.15) is 22.7 Å². The average molecular weight is 273 g/mol. The van der Waals surface area contributed by atoms with E-state index in [0.29, 0.717) is 12.8 Å². The highest BCUT2D eigenvalue weighted by Gasteiger charge is 2.31. The van der Waals surface area contributed by atoms with E-state index in [4.69, 9.17) is 0 Å². The highest BCUT2D eigenvalue weighted by molar-refractivity contribution is 7.07. The quantitative estimate of drug-likeness (QED) is 0.899. The minimum Gasteiger partial charge on any atom is -0.390 e. The molecule has 2 atom stereocenters. The lowest BCUT2D eigenvalue weighted by Gasteiger charge is -2.17. The number of carbonyl (C=O) groups excluding carboxylic acids is 1. The summed E-state index contributed by atoms with van der Waals surface area (Å²) in [6.07, 6.45) is 0.456. The molecule has 19 heavy (non-hydrogen) atoms. The van der Waals surface area contributed by atoms with Gasteiger partial charge in [-0.05, 0) is 33.5 Å². The van der Waals surface area contributed by atoms with Crippen LogP contribution in [-0.2, 0) is 17.6 Å². The number of aliphatic hydroxyl groups is 1. The number of carbonyl (C=O) groups is 1. The van der Waals surface area contributed by atoms with Gasteiger partial charge in [0.25, 0.3) is 0 Å². The van der Waals surface area contributed by atoms with Crippen LogP contribution in [0.4, 0.5) is 0 Å². The molecule has 1 aliphatic rings. The van der Waals surface area contributed by atoms with Gasteiger partial charge in [0.2, 0.25) is 5.91 Å². The number of thiophene rings is 1. The van der Waals surface area contributed by atoms with E-state index in [0.717, 1.165) is 16.7 Å². The first-order valence-corrected chi connectivity index (χ1v) is 7.24. The normalized spacial score (nSPS) is 21.1. The fourth-order valence-electron chi connectivity index (χ4n) is 2.55. The molecule has 1 aliphatic carbocycles. The highest BCUT2D eigenvalue weighted by Crippen LogP contribution is 2.31. The summed E-state index contributed by atoms with van der Waals surface area (Å²) >= 11 is 1.58. The number of aliphatic hydroxyl groups excluding tert-OH is 1. The Hall–Kier alpha value is -1.65. The summed E-state index contributed by atoms with van der Waals surface area (Å²) < 4.78 is 0. The lowest BCUT2D eigenvalue weighted by molar-refractivity contribution is -0.121. The third-order valence-electron chi connectivity index (χ3n) is 3.47. The Balaban J connectivity index is 1.71. The molecular weight excluding hydrogens is 258 g/mol. The summed E-state index contributed by atoms with van der Waals surface area (Å²) in [5, 5.41) is 16.9. The number of amides is 1. The van der Waals surface area contributed by atoms with Gasteiger partial charge in [-0.15, -0.1) is 0 Å². The van der Waals surface area contributed by atoms with E-state index in [-0.39, 0.29) is 11.9 Å². The van der Waals surface area contributed by atoms with Crippen LogP contribution in [0.25, 0.3) is 0 Å². The molecule has 0 aliphatic heterocycles. The van der Waals surface area contributed by atoms with Gasteiger partial charge in [-0.25, -0.2) is 0 Å². The van der Waals surface area contributed by atoms with Gasteiger partial charge in [-0.1, -0.05) is 24.3 Å². The smallest absolute Gasteiger partial charge is 0.225 e. The number of benzene rings is 1. The zero-order valence-corrected chi connectivity index (χ0v) is 11.2. The van der Waals surface area contributed by atoms with Gasteiger partial charge in [0, 0.05) is 6.42 Å². The molecule has 3 rings (SSSR count). The molecule has 0 saturated heterocycles. The van der Waals surface area contributed by atoms with Crippen molar-refractivity contribution in [1.82, 2.24) is 5.32 Å². The third kappa shape index (κ3) is 2.55. The minimum absolute atomic E-state index is 0.0425. The summed E-state index contributed by atoms with van der Waals surface area (Å²) in [4.78, 5) is 12.0. The van der Waals surface area contributed by atoms with E-state index >= 15 is 0 Å². The van der Waals surface area contributed by atoms with Crippen molar-refractivity contribution < 1.29 is 9.90 Å². The number of hydrogen-bond acceptors (Lipinski definition) is 3. The third-order valence-corrected chi connectivity index (χ3v) is 4.20. The molecule has 0 unspecified atom stereocenters. The summed E-state index contributed by atoms with van der Waals surface area (Å²) in [5.41, 5.74) is 3.17. The van der Waals surface area contributed by atoms with E-state index in [2.05, 4.69) is 5.32 Å². The van der Waals surface area contributed by atoms with Crippen molar-refractivity contribution in [3.05, 3.63) is 57.8 Å². The topological polar surface area (TPSA) is 49.3 Å². The molecule has 3 nitrogen and oxygen atoms in total. The molecule has 0 spiro atoms. The van der Waals surface area contributed by atoms with Crippen LogP contribution in [0, 0.1) is 0 Å². The van der Waals surface area contributed by atoms with Gasteiger partial charge in [0.05, 0.1) is 18.6 Å². The molecule has 0 saturated carbocycles. The molecule has 2 aromatic rings. The van der Waals surface area contributed by atoms with Crippen molar-refractivity contribution in [2.45, 2.75) is 25.0 Å². The predicted octanol–water partition coefficient (Wildman–Crippen LogP) is 2.07. The first kappa shape index (κ1) is 12.4. The Morgan fingerprint density at radius 1 is 1.37 bits per heavy atom. The first-order chi connectivity index (χ1) is 9.24. The van der Waals surface area contributed by atoms with Crippen LogP contribution in [-0.4, -0.2) is 17.1 Å². The van der Waals surface area contributed by atoms with Gasteiger partial charge in [-0.3, -0.25) is 4.79 Å². The molecule has 1 heterocycles. The van der Waals surface area contributed by atoms with Crippen LogP contribution >= 0.6 is 11.3 Å². The number of hydrogen-bond donors (Lipinski definition) is 2. The molecule has 4 heteroatoms. The van der Waals surface area contributed by atoms with E-state index in [9.17, 15) is 9.90 Å². The van der Waals surface area contributed by atoms with Crippen molar-refractivity contribution in [3.63, 3.8) is 0 Å². The van der Waals surface area contributed by atoms with Gasteiger partial charge in [0.15, 0.2) is 0 Å². The molecule has 2 N–H and O–H groups in total. The van der Waals surface area contributed by atoms with Gasteiger partial charge in [0.1, 0.15) is 0 Å². The second kappa shape index (κ2) is 5.15. The van der Waals surface area contributed by atoms with Crippen molar-refractivity contribution in [2.24, 2.45) is 0 Å². The second-order valence-electron chi connectivity index (χ2n) is 4.82. The lowest BCUT2D eigenvalue weighted by Crippen LogP contribution is -2.34. The molecule has 0 bridgehead atoms. The monoisotopic (exact) mass is 273 g/mol. The standard InChI is InChI=1S/C15H15NO2S/c17-13-8-11-3-1-2-4-12(11)15(13)16-14(18)7-10-5-6-19-9-10/h1-6,9,13,15,17H,7-8H2,(H,16,18)/t13-,15+/m0/s1. The Labute approximate surface area is 115 Å². The van der Waals surface area contributed by atoms with E-state index < -0.39 is 6.10 Å². The zero-order valence-electron chi connectivity index (χ0n) is 10.4. The van der Waals surface area contributed by atoms with Crippen molar-refractivity contribution in [2.75, 3.05) is 0 Å². The van der Waals surface area contributed by atoms with Crippen LogP contribution in [0.3, 0.4) is 0 Å². The van der Waals surface area contributed by atoms with Crippen molar-refractivity contribution >= 4 is 17.2 Å². The SMILES string of the molecule is O=C(Cc1ccsc1)N[C@@H]1c2ccccc2C[C@@H]1O. The molecule has 1 amide bonds. The van der Waals surface area contributed by atoms with Crippen LogP contribution in [0.5, 0.6) is 0 Å². The van der Waals surface area contributed by atoms with E-state index in [1.165, 1.54) is 0 Å². The lowest BCUT2D eigenvalue weighted by atomic mass is 10.1. The zero-order chi connectivity index (χ0) is 13.2. The van der Waals surface area contributed by atoms with Crippen LogP contribution < -0.4 is 5.32 Å². The maximum absolute atomic E-state index is 12.0. The molecule has 0 fully saturated rings. The van der Waals surface area contributed by atoms with E-state index in [1.807, 2.05) is 41.1 Å². The molecule has 98 valence electrons. The maximum atomic E-state index is 12.0. The molecule has 1 aromatic heterocycles. The number of nitrogens with one attached hydrogen (secondary N) is 1. The largest absolute Gasteiger partial charge is 0.390 e. The maximum Gasteiger partial charge on any atom is 0.225 e. The summed E-state index contributed by atoms with van der Waals surface area (Å²) in [6.45, 7) is 0. The fraction of sp³-hybridized carbons (Fsp3) is 0.267. The van der Waals surface area contributed by atoms with Gasteiger partial charge >= 0.3 is 0 Å². The highest BCUT2D eigenvalue weighted by atomic mass is 32.1. The van der Waals surface area contributed by atoms with Crippen LogP contribution in [0.2, 0.25) is 0 Å². The number of rotatable bonds is 3. The Morgan fingerprint density at radius 3 is 3.00 bits per heavy atom. The van der Waals surface area contributed by atoms with Crippen LogP contribution in [0.15, 0.2) is 41.1 Å².